The fraction of sp³-hybridized carbons (Fsp3) is 0.400. The van der Waals surface area contributed by atoms with Gasteiger partial charge in [-0.3, -0.25) is 4.98 Å². The van der Waals surface area contributed by atoms with E-state index in [1.807, 2.05) is 24.8 Å². The van der Waals surface area contributed by atoms with E-state index >= 15 is 0 Å². The zero-order valence-corrected chi connectivity index (χ0v) is 21.1. The Bertz CT molecular complexity index is 1430. The van der Waals surface area contributed by atoms with E-state index in [1.165, 1.54) is 16.6 Å². The average molecular weight is 516 g/mol. The zero-order valence-electron chi connectivity index (χ0n) is 20.3. The maximum absolute atomic E-state index is 14.9. The highest BCUT2D eigenvalue weighted by Crippen LogP contribution is 2.39. The lowest BCUT2D eigenvalue weighted by Crippen LogP contribution is -2.38. The van der Waals surface area contributed by atoms with Crippen LogP contribution in [0.25, 0.3) is 11.3 Å². The minimum Gasteiger partial charge on any atom is -0.486 e. The molecule has 0 unspecified atom stereocenters. The van der Waals surface area contributed by atoms with Crippen molar-refractivity contribution >= 4 is 15.7 Å². The van der Waals surface area contributed by atoms with Crippen LogP contribution in [0.15, 0.2) is 30.5 Å². The van der Waals surface area contributed by atoms with Crippen molar-refractivity contribution in [3.63, 3.8) is 0 Å². The highest BCUT2D eigenvalue weighted by molar-refractivity contribution is 7.88. The van der Waals surface area contributed by atoms with Crippen molar-refractivity contribution in [2.75, 3.05) is 30.9 Å². The molecule has 0 aliphatic carbocycles. The molecule has 1 aromatic carbocycles. The summed E-state index contributed by atoms with van der Waals surface area (Å²) in [6, 6.07) is 6.72. The molecule has 0 N–H and O–H groups in total. The van der Waals surface area contributed by atoms with Crippen LogP contribution in [0.3, 0.4) is 0 Å². The monoisotopic (exact) mass is 515 g/mol. The first-order valence-electron chi connectivity index (χ1n) is 11.8. The number of fused-ring (bicyclic) bond motifs is 2. The number of hydrogen-bond acceptors (Lipinski definition) is 7. The maximum atomic E-state index is 14.9. The van der Waals surface area contributed by atoms with E-state index in [9.17, 15) is 17.2 Å². The first kappa shape index (κ1) is 24.5. The second kappa shape index (κ2) is 9.36. The minimum absolute atomic E-state index is 0.0118. The molecule has 4 heterocycles. The van der Waals surface area contributed by atoms with E-state index in [0.717, 1.165) is 17.5 Å². The molecule has 0 amide bonds. The van der Waals surface area contributed by atoms with Gasteiger partial charge in [-0.1, -0.05) is 6.07 Å². The number of nitrogens with zero attached hydrogens (tertiary/aromatic N) is 5. The zero-order chi connectivity index (χ0) is 25.6. The van der Waals surface area contributed by atoms with Crippen molar-refractivity contribution < 1.29 is 21.9 Å². The molecule has 8 nitrogen and oxygen atoms in total. The van der Waals surface area contributed by atoms with Gasteiger partial charge in [-0.25, -0.2) is 27.2 Å². The van der Waals surface area contributed by atoms with Crippen LogP contribution in [0.5, 0.6) is 5.75 Å². The highest BCUT2D eigenvalue weighted by atomic mass is 32.2. The quantitative estimate of drug-likeness (QED) is 0.515. The number of benzene rings is 1. The SMILES string of the molecule is CC(C)N1CCOc2c(F)cc(-c3nc(Cc4ccc5c(n4)CCN(S(C)(=O)=O)C5)ncc3F)cc21. The Morgan fingerprint density at radius 1 is 1.11 bits per heavy atom. The molecule has 36 heavy (non-hydrogen) atoms. The van der Waals surface area contributed by atoms with Gasteiger partial charge in [0, 0.05) is 42.5 Å². The van der Waals surface area contributed by atoms with Crippen LogP contribution < -0.4 is 9.64 Å². The Hall–Kier alpha value is -3.18. The number of sulfonamides is 1. The van der Waals surface area contributed by atoms with Crippen LogP contribution in [0.1, 0.15) is 36.6 Å². The first-order chi connectivity index (χ1) is 17.1. The fourth-order valence-electron chi connectivity index (χ4n) is 4.65. The third kappa shape index (κ3) is 4.77. The Kier molecular flexibility index (Phi) is 6.37. The van der Waals surface area contributed by atoms with Crippen molar-refractivity contribution in [2.24, 2.45) is 0 Å². The van der Waals surface area contributed by atoms with Gasteiger partial charge in [0.05, 0.1) is 31.1 Å². The van der Waals surface area contributed by atoms with Gasteiger partial charge in [0.1, 0.15) is 18.1 Å². The number of anilines is 1. The van der Waals surface area contributed by atoms with Crippen LogP contribution in [0.4, 0.5) is 14.5 Å². The van der Waals surface area contributed by atoms with E-state index in [4.69, 9.17) is 4.74 Å². The van der Waals surface area contributed by atoms with Crippen molar-refractivity contribution in [3.8, 4) is 17.0 Å². The predicted octanol–water partition coefficient (Wildman–Crippen LogP) is 3.33. The molecule has 2 aromatic heterocycles. The van der Waals surface area contributed by atoms with Gasteiger partial charge in [-0.15, -0.1) is 0 Å². The molecule has 0 saturated heterocycles. The van der Waals surface area contributed by atoms with Gasteiger partial charge in [-0.2, -0.15) is 4.31 Å². The van der Waals surface area contributed by atoms with Crippen LogP contribution in [0, 0.1) is 11.6 Å². The summed E-state index contributed by atoms with van der Waals surface area (Å²) < 4.78 is 60.4. The van der Waals surface area contributed by atoms with Crippen molar-refractivity contribution in [1.82, 2.24) is 19.3 Å². The third-order valence-electron chi connectivity index (χ3n) is 6.48. The predicted molar refractivity (Wildman–Crippen MR) is 131 cm³/mol. The van der Waals surface area contributed by atoms with Crippen LogP contribution >= 0.6 is 0 Å². The molecule has 0 saturated carbocycles. The molecule has 2 aliphatic rings. The van der Waals surface area contributed by atoms with Crippen molar-refractivity contribution in [3.05, 3.63) is 64.9 Å². The molecular formula is C25H27F2N5O3S. The highest BCUT2D eigenvalue weighted by Gasteiger charge is 2.26. The topological polar surface area (TPSA) is 88.5 Å². The molecule has 5 rings (SSSR count). The summed E-state index contributed by atoms with van der Waals surface area (Å²) in [6.45, 7) is 5.67. The fourth-order valence-corrected chi connectivity index (χ4v) is 5.44. The normalized spacial score (nSPS) is 16.0. The van der Waals surface area contributed by atoms with Crippen LogP contribution in [0.2, 0.25) is 0 Å². The summed E-state index contributed by atoms with van der Waals surface area (Å²) >= 11 is 0. The number of ether oxygens (including phenoxy) is 1. The lowest BCUT2D eigenvalue weighted by Gasteiger charge is -2.34. The Morgan fingerprint density at radius 3 is 2.67 bits per heavy atom. The maximum Gasteiger partial charge on any atom is 0.211 e. The van der Waals surface area contributed by atoms with Gasteiger partial charge >= 0.3 is 0 Å². The Balaban J connectivity index is 1.44. The Labute approximate surface area is 209 Å². The lowest BCUT2D eigenvalue weighted by atomic mass is 10.1. The van der Waals surface area contributed by atoms with Gasteiger partial charge < -0.3 is 9.64 Å². The summed E-state index contributed by atoms with van der Waals surface area (Å²) in [5.41, 5.74) is 3.28. The van der Waals surface area contributed by atoms with E-state index in [0.29, 0.717) is 55.4 Å². The number of hydrogen-bond donors (Lipinski definition) is 0. The lowest BCUT2D eigenvalue weighted by molar-refractivity contribution is 0.287. The van der Waals surface area contributed by atoms with Gasteiger partial charge in [-0.05, 0) is 37.6 Å². The number of pyridine rings is 1. The summed E-state index contributed by atoms with van der Waals surface area (Å²) in [5, 5.41) is 0. The van der Waals surface area contributed by atoms with Crippen LogP contribution in [-0.2, 0) is 29.4 Å². The summed E-state index contributed by atoms with van der Waals surface area (Å²) in [4.78, 5) is 15.2. The number of rotatable bonds is 5. The first-order valence-corrected chi connectivity index (χ1v) is 13.6. The van der Waals surface area contributed by atoms with Gasteiger partial charge in [0.15, 0.2) is 17.4 Å². The molecule has 3 aromatic rings. The molecule has 0 radical (unpaired) electrons. The molecule has 11 heteroatoms. The largest absolute Gasteiger partial charge is 0.486 e. The van der Waals surface area contributed by atoms with E-state index < -0.39 is 21.7 Å². The molecular weight excluding hydrogens is 488 g/mol. The van der Waals surface area contributed by atoms with E-state index in [2.05, 4.69) is 15.0 Å². The average Bonchev–Trinajstić information content (AvgIpc) is 2.83. The van der Waals surface area contributed by atoms with Crippen molar-refractivity contribution in [1.29, 1.82) is 0 Å². The number of halogens is 2. The molecule has 0 spiro atoms. The second-order valence-corrected chi connectivity index (χ2v) is 11.3. The third-order valence-corrected chi connectivity index (χ3v) is 7.73. The summed E-state index contributed by atoms with van der Waals surface area (Å²) in [5.74, 6) is -0.694. The molecule has 0 fully saturated rings. The van der Waals surface area contributed by atoms with Crippen LogP contribution in [-0.4, -0.2) is 59.7 Å². The molecule has 2 aliphatic heterocycles. The van der Waals surface area contributed by atoms with Gasteiger partial charge in [0.25, 0.3) is 0 Å². The van der Waals surface area contributed by atoms with Crippen molar-refractivity contribution in [2.45, 2.75) is 39.3 Å². The number of aromatic nitrogens is 3. The molecule has 0 bridgehead atoms. The minimum atomic E-state index is -3.27. The molecule has 0 atom stereocenters. The molecule has 190 valence electrons. The van der Waals surface area contributed by atoms with E-state index in [-0.39, 0.29) is 23.9 Å². The van der Waals surface area contributed by atoms with E-state index in [1.54, 1.807) is 12.1 Å². The summed E-state index contributed by atoms with van der Waals surface area (Å²) in [6.07, 6.45) is 3.05. The second-order valence-electron chi connectivity index (χ2n) is 9.36. The smallest absolute Gasteiger partial charge is 0.211 e. The summed E-state index contributed by atoms with van der Waals surface area (Å²) in [7, 11) is -3.27. The van der Waals surface area contributed by atoms with Gasteiger partial charge in [0.2, 0.25) is 10.0 Å². The standard InChI is InChI=1S/C25H27F2N5O3S/c1-15(2)32-8-9-35-25-19(26)10-17(11-22(25)32)24-20(27)13-28-23(30-24)12-18-5-4-16-14-31(36(3,33)34)7-6-21(16)29-18/h4-5,10-11,13,15H,6-9,12,14H2,1-3H3. The Morgan fingerprint density at radius 2 is 1.92 bits per heavy atom.